The van der Waals surface area contributed by atoms with Gasteiger partial charge in [-0.05, 0) is 42.9 Å². The van der Waals surface area contributed by atoms with Gasteiger partial charge in [-0.25, -0.2) is 0 Å². The standard InChI is InChI=1S/C12H18O2/c1-12(6-2-3-11(13)14)8-9-4-5-10(12)7-9/h4-5,9-10H,2-3,6-8H2,1H3,(H,13,14). The van der Waals surface area contributed by atoms with Gasteiger partial charge in [-0.15, -0.1) is 0 Å². The van der Waals surface area contributed by atoms with E-state index in [1.807, 2.05) is 0 Å². The number of carbonyl (C=O) groups is 1. The largest absolute Gasteiger partial charge is 0.481 e. The molecule has 1 saturated carbocycles. The van der Waals surface area contributed by atoms with E-state index in [1.165, 1.54) is 12.8 Å². The number of hydrogen-bond acceptors (Lipinski definition) is 1. The first-order valence-electron chi connectivity index (χ1n) is 5.50. The van der Waals surface area contributed by atoms with Crippen LogP contribution in [0.1, 0.15) is 39.0 Å². The van der Waals surface area contributed by atoms with E-state index in [0.717, 1.165) is 24.7 Å². The zero-order valence-corrected chi connectivity index (χ0v) is 8.70. The number of aliphatic carboxylic acids is 1. The van der Waals surface area contributed by atoms with Gasteiger partial charge in [0.15, 0.2) is 0 Å². The highest BCUT2D eigenvalue weighted by Crippen LogP contribution is 2.54. The third kappa shape index (κ3) is 1.70. The van der Waals surface area contributed by atoms with Gasteiger partial charge in [0.25, 0.3) is 0 Å². The molecule has 2 nitrogen and oxygen atoms in total. The van der Waals surface area contributed by atoms with Crippen LogP contribution in [0.15, 0.2) is 12.2 Å². The van der Waals surface area contributed by atoms with Crippen LogP contribution in [0.3, 0.4) is 0 Å². The van der Waals surface area contributed by atoms with Crippen molar-refractivity contribution >= 4 is 5.97 Å². The average molecular weight is 194 g/mol. The Morgan fingerprint density at radius 3 is 2.86 bits per heavy atom. The first-order valence-corrected chi connectivity index (χ1v) is 5.50. The molecule has 0 aromatic heterocycles. The van der Waals surface area contributed by atoms with E-state index in [1.54, 1.807) is 0 Å². The summed E-state index contributed by atoms with van der Waals surface area (Å²) in [6.45, 7) is 2.32. The third-order valence-electron chi connectivity index (χ3n) is 3.93. The Kier molecular flexibility index (Phi) is 2.38. The van der Waals surface area contributed by atoms with Gasteiger partial charge in [-0.3, -0.25) is 4.79 Å². The number of fused-ring (bicyclic) bond motifs is 2. The third-order valence-corrected chi connectivity index (χ3v) is 3.93. The highest BCUT2D eigenvalue weighted by atomic mass is 16.4. The highest BCUT2D eigenvalue weighted by Gasteiger charge is 2.44. The zero-order chi connectivity index (χ0) is 10.2. The molecule has 0 radical (unpaired) electrons. The number of carboxylic acids is 1. The van der Waals surface area contributed by atoms with Gasteiger partial charge in [0.2, 0.25) is 0 Å². The van der Waals surface area contributed by atoms with Gasteiger partial charge in [-0.1, -0.05) is 19.1 Å². The van der Waals surface area contributed by atoms with E-state index >= 15 is 0 Å². The van der Waals surface area contributed by atoms with E-state index in [4.69, 9.17) is 5.11 Å². The minimum absolute atomic E-state index is 0.330. The second-order valence-electron chi connectivity index (χ2n) is 5.09. The Balaban J connectivity index is 1.85. The molecule has 3 atom stereocenters. The Labute approximate surface area is 85.0 Å². The molecule has 2 heteroatoms. The molecular formula is C12H18O2. The molecule has 0 spiro atoms. The lowest BCUT2D eigenvalue weighted by Gasteiger charge is -2.31. The number of rotatable bonds is 4. The Hall–Kier alpha value is -0.790. The first kappa shape index (κ1) is 9.75. The van der Waals surface area contributed by atoms with E-state index in [-0.39, 0.29) is 0 Å². The van der Waals surface area contributed by atoms with Crippen molar-refractivity contribution < 1.29 is 9.90 Å². The topological polar surface area (TPSA) is 37.3 Å². The lowest BCUT2D eigenvalue weighted by atomic mass is 9.74. The van der Waals surface area contributed by atoms with Crippen LogP contribution in [-0.4, -0.2) is 11.1 Å². The van der Waals surface area contributed by atoms with E-state index in [0.29, 0.717) is 11.8 Å². The van der Waals surface area contributed by atoms with Crippen LogP contribution >= 0.6 is 0 Å². The minimum atomic E-state index is -0.660. The van der Waals surface area contributed by atoms with Crippen molar-refractivity contribution in [1.82, 2.24) is 0 Å². The highest BCUT2D eigenvalue weighted by molar-refractivity contribution is 5.66. The summed E-state index contributed by atoms with van der Waals surface area (Å²) in [7, 11) is 0. The van der Waals surface area contributed by atoms with Gasteiger partial charge < -0.3 is 5.11 Å². The summed E-state index contributed by atoms with van der Waals surface area (Å²) in [6, 6.07) is 0. The summed E-state index contributed by atoms with van der Waals surface area (Å²) in [5.41, 5.74) is 0.398. The molecule has 0 heterocycles. The molecule has 0 aromatic rings. The van der Waals surface area contributed by atoms with E-state index < -0.39 is 5.97 Å². The molecule has 2 rings (SSSR count). The Bertz CT molecular complexity index is 269. The summed E-state index contributed by atoms with van der Waals surface area (Å²) in [5.74, 6) is 0.850. The lowest BCUT2D eigenvalue weighted by Crippen LogP contribution is -2.21. The molecule has 1 N–H and O–H groups in total. The maximum Gasteiger partial charge on any atom is 0.303 e. The molecule has 2 aliphatic rings. The van der Waals surface area contributed by atoms with Crippen molar-refractivity contribution in [3.8, 4) is 0 Å². The smallest absolute Gasteiger partial charge is 0.303 e. The molecular weight excluding hydrogens is 176 g/mol. The molecule has 0 aliphatic heterocycles. The average Bonchev–Trinajstić information content (AvgIpc) is 2.62. The summed E-state index contributed by atoms with van der Waals surface area (Å²) in [6.07, 6.45) is 9.50. The van der Waals surface area contributed by atoms with Crippen LogP contribution in [0.2, 0.25) is 0 Å². The van der Waals surface area contributed by atoms with E-state index in [9.17, 15) is 4.79 Å². The predicted octanol–water partition coefficient (Wildman–Crippen LogP) is 2.84. The second-order valence-corrected chi connectivity index (χ2v) is 5.09. The van der Waals surface area contributed by atoms with Crippen molar-refractivity contribution in [2.24, 2.45) is 17.3 Å². The van der Waals surface area contributed by atoms with E-state index in [2.05, 4.69) is 19.1 Å². The lowest BCUT2D eigenvalue weighted by molar-refractivity contribution is -0.137. The van der Waals surface area contributed by atoms with Crippen LogP contribution in [0.5, 0.6) is 0 Å². The molecule has 2 bridgehead atoms. The van der Waals surface area contributed by atoms with Gasteiger partial charge >= 0.3 is 5.97 Å². The first-order chi connectivity index (χ1) is 6.60. The fraction of sp³-hybridized carbons (Fsp3) is 0.750. The zero-order valence-electron chi connectivity index (χ0n) is 8.70. The van der Waals surface area contributed by atoms with Crippen LogP contribution in [0.25, 0.3) is 0 Å². The number of carboxylic acid groups (broad SMARTS) is 1. The molecule has 2 aliphatic carbocycles. The van der Waals surface area contributed by atoms with Gasteiger partial charge in [-0.2, -0.15) is 0 Å². The molecule has 14 heavy (non-hydrogen) atoms. The monoisotopic (exact) mass is 194 g/mol. The van der Waals surface area contributed by atoms with Crippen molar-refractivity contribution in [2.75, 3.05) is 0 Å². The van der Waals surface area contributed by atoms with Crippen molar-refractivity contribution in [2.45, 2.75) is 39.0 Å². The van der Waals surface area contributed by atoms with Crippen LogP contribution in [0.4, 0.5) is 0 Å². The fourth-order valence-corrected chi connectivity index (χ4v) is 3.12. The summed E-state index contributed by atoms with van der Waals surface area (Å²) in [4.78, 5) is 10.4. The maximum atomic E-state index is 10.4. The molecule has 0 aromatic carbocycles. The second kappa shape index (κ2) is 3.41. The maximum absolute atomic E-state index is 10.4. The summed E-state index contributed by atoms with van der Waals surface area (Å²) in [5, 5.41) is 8.59. The van der Waals surface area contributed by atoms with Crippen LogP contribution in [-0.2, 0) is 4.79 Å². The molecule has 78 valence electrons. The minimum Gasteiger partial charge on any atom is -0.481 e. The van der Waals surface area contributed by atoms with Crippen molar-refractivity contribution in [1.29, 1.82) is 0 Å². The van der Waals surface area contributed by atoms with Crippen molar-refractivity contribution in [3.05, 3.63) is 12.2 Å². The normalized spacial score (nSPS) is 39.2. The molecule has 0 amide bonds. The Morgan fingerprint density at radius 2 is 2.36 bits per heavy atom. The van der Waals surface area contributed by atoms with Gasteiger partial charge in [0.05, 0.1) is 0 Å². The number of hydrogen-bond donors (Lipinski definition) is 1. The molecule has 3 unspecified atom stereocenters. The quantitative estimate of drug-likeness (QED) is 0.699. The van der Waals surface area contributed by atoms with Crippen LogP contribution in [0, 0.1) is 17.3 Å². The van der Waals surface area contributed by atoms with Gasteiger partial charge in [0, 0.05) is 6.42 Å². The SMILES string of the molecule is CC1(CCCC(=O)O)CC2C=CC1C2. The summed E-state index contributed by atoms with van der Waals surface area (Å²) >= 11 is 0. The van der Waals surface area contributed by atoms with Crippen molar-refractivity contribution in [3.63, 3.8) is 0 Å². The predicted molar refractivity (Wildman–Crippen MR) is 54.9 cm³/mol. The summed E-state index contributed by atoms with van der Waals surface area (Å²) < 4.78 is 0. The number of allylic oxidation sites excluding steroid dienone is 2. The molecule has 0 saturated heterocycles. The van der Waals surface area contributed by atoms with Crippen LogP contribution < -0.4 is 0 Å². The molecule has 1 fully saturated rings. The van der Waals surface area contributed by atoms with Gasteiger partial charge in [0.1, 0.15) is 0 Å². The Morgan fingerprint density at radius 1 is 1.57 bits per heavy atom. The fourth-order valence-electron chi connectivity index (χ4n) is 3.12.